The average molecular weight is 242 g/mol. The number of aliphatic hydroxyl groups is 1. The zero-order chi connectivity index (χ0) is 13.3. The maximum Gasteiger partial charge on any atom is 0.239 e. The highest BCUT2D eigenvalue weighted by molar-refractivity contribution is 5.82. The van der Waals surface area contributed by atoms with E-state index >= 15 is 0 Å². The molecule has 1 amide bonds. The van der Waals surface area contributed by atoms with Crippen molar-refractivity contribution in [2.24, 2.45) is 11.1 Å². The van der Waals surface area contributed by atoms with Gasteiger partial charge in [0.05, 0.1) is 11.6 Å². The van der Waals surface area contributed by atoms with Gasteiger partial charge in [-0.25, -0.2) is 0 Å². The Hall–Kier alpha value is -0.610. The molecule has 1 atom stereocenters. The number of likely N-dealkylation sites (N-methyl/N-ethyl adjacent to an activating group) is 1. The second-order valence-electron chi connectivity index (χ2n) is 6.47. The molecule has 0 bridgehead atoms. The largest absolute Gasteiger partial charge is 0.388 e. The number of carbonyl (C=O) groups excluding carboxylic acids is 1. The quantitative estimate of drug-likeness (QED) is 0.779. The maximum absolute atomic E-state index is 12.1. The van der Waals surface area contributed by atoms with Crippen molar-refractivity contribution in [3.8, 4) is 0 Å². The Balaban J connectivity index is 2.58. The molecule has 0 aromatic heterocycles. The Labute approximate surface area is 104 Å². The van der Waals surface area contributed by atoms with Crippen molar-refractivity contribution in [3.63, 3.8) is 0 Å². The van der Waals surface area contributed by atoms with Gasteiger partial charge in [-0.1, -0.05) is 33.6 Å². The van der Waals surface area contributed by atoms with E-state index in [1.54, 1.807) is 11.9 Å². The first-order valence-corrected chi connectivity index (χ1v) is 6.39. The van der Waals surface area contributed by atoms with Crippen LogP contribution in [0.15, 0.2) is 0 Å². The lowest BCUT2D eigenvalue weighted by atomic mass is 9.86. The molecule has 0 spiro atoms. The molecule has 17 heavy (non-hydrogen) atoms. The van der Waals surface area contributed by atoms with Gasteiger partial charge in [-0.2, -0.15) is 0 Å². The van der Waals surface area contributed by atoms with E-state index < -0.39 is 11.6 Å². The molecule has 4 nitrogen and oxygen atoms in total. The van der Waals surface area contributed by atoms with Gasteiger partial charge in [0.25, 0.3) is 0 Å². The molecular weight excluding hydrogens is 216 g/mol. The first kappa shape index (κ1) is 14.5. The summed E-state index contributed by atoms with van der Waals surface area (Å²) < 4.78 is 0. The number of hydrogen-bond acceptors (Lipinski definition) is 3. The van der Waals surface area contributed by atoms with Crippen LogP contribution in [0.5, 0.6) is 0 Å². The first-order chi connectivity index (χ1) is 7.66. The van der Waals surface area contributed by atoms with E-state index in [0.717, 1.165) is 25.7 Å². The minimum atomic E-state index is -0.692. The molecular formula is C13H26N2O2. The monoisotopic (exact) mass is 242 g/mol. The van der Waals surface area contributed by atoms with Crippen LogP contribution in [-0.2, 0) is 4.79 Å². The van der Waals surface area contributed by atoms with Gasteiger partial charge in [-0.15, -0.1) is 0 Å². The van der Waals surface area contributed by atoms with E-state index in [-0.39, 0.29) is 11.3 Å². The molecule has 1 rings (SSSR count). The Kier molecular flexibility index (Phi) is 4.20. The normalized spacial score (nSPS) is 21.3. The minimum absolute atomic E-state index is 0.0853. The Morgan fingerprint density at radius 2 is 1.88 bits per heavy atom. The van der Waals surface area contributed by atoms with Gasteiger partial charge < -0.3 is 15.7 Å². The lowest BCUT2D eigenvalue weighted by Crippen LogP contribution is -2.52. The van der Waals surface area contributed by atoms with E-state index in [1.807, 2.05) is 20.8 Å². The molecule has 0 radical (unpaired) electrons. The number of rotatable bonds is 3. The maximum atomic E-state index is 12.1. The summed E-state index contributed by atoms with van der Waals surface area (Å²) in [5.74, 6) is -0.0853. The first-order valence-electron chi connectivity index (χ1n) is 6.39. The van der Waals surface area contributed by atoms with E-state index in [0.29, 0.717) is 6.54 Å². The predicted octanol–water partition coefficient (Wildman–Crippen LogP) is 1.12. The fraction of sp³-hybridized carbons (Fsp3) is 0.923. The van der Waals surface area contributed by atoms with Gasteiger partial charge in [0.2, 0.25) is 5.91 Å². The smallest absolute Gasteiger partial charge is 0.239 e. The van der Waals surface area contributed by atoms with Crippen LogP contribution in [0.3, 0.4) is 0 Å². The second-order valence-corrected chi connectivity index (χ2v) is 6.47. The molecule has 0 saturated heterocycles. The third kappa shape index (κ3) is 3.68. The number of nitrogens with zero attached hydrogens (tertiary/aromatic N) is 1. The molecule has 1 aliphatic carbocycles. The highest BCUT2D eigenvalue weighted by atomic mass is 16.3. The zero-order valence-electron chi connectivity index (χ0n) is 11.5. The van der Waals surface area contributed by atoms with Crippen LogP contribution >= 0.6 is 0 Å². The van der Waals surface area contributed by atoms with E-state index in [2.05, 4.69) is 0 Å². The van der Waals surface area contributed by atoms with Crippen molar-refractivity contribution in [2.45, 2.75) is 58.1 Å². The third-order valence-electron chi connectivity index (χ3n) is 3.64. The minimum Gasteiger partial charge on any atom is -0.388 e. The number of nitrogens with two attached hydrogens (primary N) is 1. The predicted molar refractivity (Wildman–Crippen MR) is 68.5 cm³/mol. The molecule has 1 unspecified atom stereocenters. The molecule has 0 aliphatic heterocycles. The van der Waals surface area contributed by atoms with Gasteiger partial charge in [0, 0.05) is 13.6 Å². The molecule has 4 heteroatoms. The summed E-state index contributed by atoms with van der Waals surface area (Å²) in [6, 6.07) is -0.516. The average Bonchev–Trinajstić information content (AvgIpc) is 2.61. The van der Waals surface area contributed by atoms with Crippen molar-refractivity contribution in [2.75, 3.05) is 13.6 Å². The number of amides is 1. The summed E-state index contributed by atoms with van der Waals surface area (Å²) in [4.78, 5) is 13.7. The van der Waals surface area contributed by atoms with Crippen LogP contribution in [0.25, 0.3) is 0 Å². The van der Waals surface area contributed by atoms with Gasteiger partial charge in [0.15, 0.2) is 0 Å². The third-order valence-corrected chi connectivity index (χ3v) is 3.64. The molecule has 1 aliphatic rings. The highest BCUT2D eigenvalue weighted by Gasteiger charge is 2.36. The Morgan fingerprint density at radius 3 is 2.29 bits per heavy atom. The van der Waals surface area contributed by atoms with Gasteiger partial charge in [0.1, 0.15) is 0 Å². The molecule has 3 N–H and O–H groups in total. The highest BCUT2D eigenvalue weighted by Crippen LogP contribution is 2.30. The van der Waals surface area contributed by atoms with Crippen molar-refractivity contribution >= 4 is 5.91 Å². The molecule has 100 valence electrons. The summed E-state index contributed by atoms with van der Waals surface area (Å²) in [5.41, 5.74) is 5.00. The van der Waals surface area contributed by atoms with Crippen LogP contribution in [0.1, 0.15) is 46.5 Å². The topological polar surface area (TPSA) is 66.6 Å². The van der Waals surface area contributed by atoms with Crippen LogP contribution in [-0.4, -0.2) is 41.1 Å². The number of carbonyl (C=O) groups is 1. The van der Waals surface area contributed by atoms with Crippen molar-refractivity contribution in [3.05, 3.63) is 0 Å². The summed E-state index contributed by atoms with van der Waals surface area (Å²) in [5, 5.41) is 10.3. The number of hydrogen-bond donors (Lipinski definition) is 2. The van der Waals surface area contributed by atoms with Gasteiger partial charge in [-0.05, 0) is 18.3 Å². The lowest BCUT2D eigenvalue weighted by Gasteiger charge is -2.33. The summed E-state index contributed by atoms with van der Waals surface area (Å²) in [6.45, 7) is 6.25. The lowest BCUT2D eigenvalue weighted by molar-refractivity contribution is -0.136. The van der Waals surface area contributed by atoms with E-state index in [4.69, 9.17) is 5.73 Å². The molecule has 1 fully saturated rings. The van der Waals surface area contributed by atoms with E-state index in [9.17, 15) is 9.90 Å². The van der Waals surface area contributed by atoms with Crippen molar-refractivity contribution in [1.82, 2.24) is 4.90 Å². The standard InChI is InChI=1S/C13H26N2O2/c1-12(2,3)10(14)11(16)15(4)9-13(17)7-5-6-8-13/h10,17H,5-9,14H2,1-4H3. The molecule has 0 aromatic carbocycles. The zero-order valence-corrected chi connectivity index (χ0v) is 11.5. The summed E-state index contributed by atoms with van der Waals surface area (Å²) in [7, 11) is 1.73. The molecule has 0 aromatic rings. The second kappa shape index (κ2) is 4.94. The Bertz CT molecular complexity index is 278. The van der Waals surface area contributed by atoms with Crippen LogP contribution in [0, 0.1) is 5.41 Å². The fourth-order valence-electron chi connectivity index (χ4n) is 2.32. The molecule has 1 saturated carbocycles. The van der Waals surface area contributed by atoms with Gasteiger partial charge in [-0.3, -0.25) is 4.79 Å². The van der Waals surface area contributed by atoms with Crippen molar-refractivity contribution < 1.29 is 9.90 Å². The van der Waals surface area contributed by atoms with Crippen LogP contribution < -0.4 is 5.73 Å². The van der Waals surface area contributed by atoms with Crippen molar-refractivity contribution in [1.29, 1.82) is 0 Å². The van der Waals surface area contributed by atoms with Gasteiger partial charge >= 0.3 is 0 Å². The summed E-state index contributed by atoms with van der Waals surface area (Å²) >= 11 is 0. The SMILES string of the molecule is CN(CC1(O)CCCC1)C(=O)C(N)C(C)(C)C. The van der Waals surface area contributed by atoms with Crippen LogP contribution in [0.2, 0.25) is 0 Å². The Morgan fingerprint density at radius 1 is 1.41 bits per heavy atom. The molecule has 0 heterocycles. The summed E-state index contributed by atoms with van der Waals surface area (Å²) in [6.07, 6.45) is 3.67. The fourth-order valence-corrected chi connectivity index (χ4v) is 2.32. The van der Waals surface area contributed by atoms with Crippen LogP contribution in [0.4, 0.5) is 0 Å². The van der Waals surface area contributed by atoms with E-state index in [1.165, 1.54) is 0 Å².